The van der Waals surface area contributed by atoms with E-state index in [4.69, 9.17) is 9.84 Å². The molecule has 1 atom stereocenters. The van der Waals surface area contributed by atoms with Crippen molar-refractivity contribution in [3.05, 3.63) is 46.2 Å². The molecule has 1 aromatic carbocycles. The molecule has 5 heteroatoms. The van der Waals surface area contributed by atoms with Crippen LogP contribution in [-0.4, -0.2) is 17.2 Å². The number of carbonyl (C=O) groups is 1. The topological polar surface area (TPSA) is 58.6 Å². The zero-order valence-electron chi connectivity index (χ0n) is 12.1. The van der Waals surface area contributed by atoms with Crippen molar-refractivity contribution < 1.29 is 14.6 Å². The molecule has 0 spiro atoms. The Morgan fingerprint density at radius 1 is 1.43 bits per heavy atom. The second kappa shape index (κ2) is 7.13. The highest BCUT2D eigenvalue weighted by Crippen LogP contribution is 2.22. The molecular formula is C16H19NO3S. The van der Waals surface area contributed by atoms with Crippen LogP contribution in [0.3, 0.4) is 0 Å². The van der Waals surface area contributed by atoms with Crippen molar-refractivity contribution in [3.8, 4) is 5.75 Å². The molecule has 0 aliphatic carbocycles. The van der Waals surface area contributed by atoms with Gasteiger partial charge >= 0.3 is 5.97 Å². The van der Waals surface area contributed by atoms with Crippen molar-refractivity contribution in [2.45, 2.75) is 32.9 Å². The molecule has 21 heavy (non-hydrogen) atoms. The molecule has 2 N–H and O–H groups in total. The lowest BCUT2D eigenvalue weighted by molar-refractivity contribution is 0.0701. The number of carboxylic acids is 1. The standard InChI is InChI=1S/C16H19NO3S/c1-3-11(2)20-14-6-4-5-13(9-14)17-10-12-7-8-21-15(12)16(18)19/h4-9,11,17H,3,10H2,1-2H3,(H,18,19). The van der Waals surface area contributed by atoms with Gasteiger partial charge < -0.3 is 15.2 Å². The summed E-state index contributed by atoms with van der Waals surface area (Å²) in [5.74, 6) is -0.0613. The fourth-order valence-electron chi connectivity index (χ4n) is 1.85. The summed E-state index contributed by atoms with van der Waals surface area (Å²) in [5.41, 5.74) is 1.71. The number of thiophene rings is 1. The van der Waals surface area contributed by atoms with Crippen molar-refractivity contribution in [3.63, 3.8) is 0 Å². The minimum Gasteiger partial charge on any atom is -0.491 e. The molecule has 0 fully saturated rings. The normalized spacial score (nSPS) is 11.9. The van der Waals surface area contributed by atoms with Gasteiger partial charge in [-0.2, -0.15) is 0 Å². The zero-order chi connectivity index (χ0) is 15.2. The maximum absolute atomic E-state index is 11.1. The Balaban J connectivity index is 2.01. The average molecular weight is 305 g/mol. The van der Waals surface area contributed by atoms with Crippen LogP contribution in [0.2, 0.25) is 0 Å². The van der Waals surface area contributed by atoms with Crippen LogP contribution in [0, 0.1) is 0 Å². The molecule has 112 valence electrons. The van der Waals surface area contributed by atoms with Gasteiger partial charge in [-0.1, -0.05) is 13.0 Å². The predicted molar refractivity (Wildman–Crippen MR) is 85.4 cm³/mol. The van der Waals surface area contributed by atoms with Crippen LogP contribution in [0.15, 0.2) is 35.7 Å². The Morgan fingerprint density at radius 2 is 2.24 bits per heavy atom. The number of nitrogens with one attached hydrogen (secondary N) is 1. The van der Waals surface area contributed by atoms with E-state index in [-0.39, 0.29) is 6.10 Å². The quantitative estimate of drug-likeness (QED) is 0.803. The van der Waals surface area contributed by atoms with E-state index in [1.54, 1.807) is 5.38 Å². The third kappa shape index (κ3) is 4.23. The Bertz CT molecular complexity index is 609. The largest absolute Gasteiger partial charge is 0.491 e. The van der Waals surface area contributed by atoms with Gasteiger partial charge in [0, 0.05) is 18.3 Å². The highest BCUT2D eigenvalue weighted by molar-refractivity contribution is 7.12. The average Bonchev–Trinajstić information content (AvgIpc) is 2.94. The molecule has 0 amide bonds. The van der Waals surface area contributed by atoms with E-state index in [1.807, 2.05) is 37.3 Å². The maximum atomic E-state index is 11.1. The minimum absolute atomic E-state index is 0.177. The number of ether oxygens (including phenoxy) is 1. The Hall–Kier alpha value is -2.01. The molecule has 0 bridgehead atoms. The lowest BCUT2D eigenvalue weighted by Gasteiger charge is -2.14. The van der Waals surface area contributed by atoms with Crippen LogP contribution >= 0.6 is 11.3 Å². The zero-order valence-corrected chi connectivity index (χ0v) is 12.9. The monoisotopic (exact) mass is 305 g/mol. The predicted octanol–water partition coefficient (Wildman–Crippen LogP) is 4.24. The first-order chi connectivity index (χ1) is 10.1. The number of carboxylic acid groups (broad SMARTS) is 1. The summed E-state index contributed by atoms with van der Waals surface area (Å²) in [6.07, 6.45) is 1.13. The van der Waals surface area contributed by atoms with Gasteiger partial charge in [0.1, 0.15) is 10.6 Å². The maximum Gasteiger partial charge on any atom is 0.346 e. The second-order valence-electron chi connectivity index (χ2n) is 4.80. The van der Waals surface area contributed by atoms with Crippen LogP contribution in [-0.2, 0) is 6.54 Å². The van der Waals surface area contributed by atoms with Gasteiger partial charge in [-0.05, 0) is 42.5 Å². The number of aromatic carboxylic acids is 1. The van der Waals surface area contributed by atoms with Crippen LogP contribution in [0.4, 0.5) is 5.69 Å². The van der Waals surface area contributed by atoms with Crippen molar-refractivity contribution in [1.82, 2.24) is 0 Å². The summed E-state index contributed by atoms with van der Waals surface area (Å²) in [4.78, 5) is 11.4. The van der Waals surface area contributed by atoms with E-state index in [0.717, 1.165) is 23.4 Å². The molecule has 0 aliphatic rings. The number of rotatable bonds is 7. The van der Waals surface area contributed by atoms with E-state index in [9.17, 15) is 4.79 Å². The molecule has 0 radical (unpaired) electrons. The number of benzene rings is 1. The molecule has 1 aromatic heterocycles. The summed E-state index contributed by atoms with van der Waals surface area (Å²) in [5, 5.41) is 14.1. The third-order valence-electron chi connectivity index (χ3n) is 3.17. The highest BCUT2D eigenvalue weighted by Gasteiger charge is 2.11. The third-order valence-corrected chi connectivity index (χ3v) is 4.11. The fraction of sp³-hybridized carbons (Fsp3) is 0.312. The van der Waals surface area contributed by atoms with Crippen LogP contribution in [0.5, 0.6) is 5.75 Å². The second-order valence-corrected chi connectivity index (χ2v) is 5.71. The van der Waals surface area contributed by atoms with Gasteiger partial charge in [0.05, 0.1) is 6.10 Å². The SMILES string of the molecule is CCC(C)Oc1cccc(NCc2ccsc2C(=O)O)c1. The summed E-state index contributed by atoms with van der Waals surface area (Å²) in [7, 11) is 0. The van der Waals surface area contributed by atoms with Crippen molar-refractivity contribution in [1.29, 1.82) is 0 Å². The van der Waals surface area contributed by atoms with Crippen LogP contribution in [0.25, 0.3) is 0 Å². The van der Waals surface area contributed by atoms with Gasteiger partial charge in [0.2, 0.25) is 0 Å². The Morgan fingerprint density at radius 3 is 2.95 bits per heavy atom. The van der Waals surface area contributed by atoms with Crippen molar-refractivity contribution >= 4 is 23.0 Å². The van der Waals surface area contributed by atoms with Crippen LogP contribution in [0.1, 0.15) is 35.5 Å². The summed E-state index contributed by atoms with van der Waals surface area (Å²) in [6.45, 7) is 4.60. The van der Waals surface area contributed by atoms with E-state index in [0.29, 0.717) is 11.4 Å². The minimum atomic E-state index is -0.879. The summed E-state index contributed by atoms with van der Waals surface area (Å²) in [6, 6.07) is 9.55. The first-order valence-corrected chi connectivity index (χ1v) is 7.78. The molecule has 0 saturated carbocycles. The van der Waals surface area contributed by atoms with Gasteiger partial charge in [-0.15, -0.1) is 11.3 Å². The number of anilines is 1. The number of hydrogen-bond acceptors (Lipinski definition) is 4. The first kappa shape index (κ1) is 15.4. The molecule has 4 nitrogen and oxygen atoms in total. The highest BCUT2D eigenvalue weighted by atomic mass is 32.1. The van der Waals surface area contributed by atoms with Gasteiger partial charge in [0.15, 0.2) is 0 Å². The lowest BCUT2D eigenvalue weighted by atomic mass is 10.2. The fourth-order valence-corrected chi connectivity index (χ4v) is 2.62. The molecular weight excluding hydrogens is 286 g/mol. The number of hydrogen-bond donors (Lipinski definition) is 2. The van der Waals surface area contributed by atoms with Crippen molar-refractivity contribution in [2.75, 3.05) is 5.32 Å². The van der Waals surface area contributed by atoms with Crippen molar-refractivity contribution in [2.24, 2.45) is 0 Å². The first-order valence-electron chi connectivity index (χ1n) is 6.90. The summed E-state index contributed by atoms with van der Waals surface area (Å²) >= 11 is 1.24. The smallest absolute Gasteiger partial charge is 0.346 e. The molecule has 1 heterocycles. The van der Waals surface area contributed by atoms with E-state index >= 15 is 0 Å². The molecule has 2 aromatic rings. The van der Waals surface area contributed by atoms with E-state index in [1.165, 1.54) is 11.3 Å². The van der Waals surface area contributed by atoms with Gasteiger partial charge in [0.25, 0.3) is 0 Å². The molecule has 2 rings (SSSR count). The van der Waals surface area contributed by atoms with Crippen LogP contribution < -0.4 is 10.1 Å². The van der Waals surface area contributed by atoms with E-state index in [2.05, 4.69) is 12.2 Å². The van der Waals surface area contributed by atoms with E-state index < -0.39 is 5.97 Å². The Kier molecular flexibility index (Phi) is 5.22. The molecule has 0 saturated heterocycles. The Labute approximate surface area is 128 Å². The van der Waals surface area contributed by atoms with Gasteiger partial charge in [-0.3, -0.25) is 0 Å². The summed E-state index contributed by atoms with van der Waals surface area (Å²) < 4.78 is 5.77. The molecule has 1 unspecified atom stereocenters. The van der Waals surface area contributed by atoms with Gasteiger partial charge in [-0.25, -0.2) is 4.79 Å². The lowest BCUT2D eigenvalue weighted by Crippen LogP contribution is -2.10. The molecule has 0 aliphatic heterocycles.